The molecule has 26 heavy (non-hydrogen) atoms. The minimum Gasteiger partial charge on any atom is -0.348 e. The monoisotopic (exact) mass is 380 g/mol. The number of nitrogens with one attached hydrogen (secondary N) is 2. The number of carbonyl (C=O) groups is 2. The molecular weight excluding hydrogens is 366 g/mol. The number of aromatic nitrogens is 1. The fourth-order valence-corrected chi connectivity index (χ4v) is 2.84. The third kappa shape index (κ3) is 3.91. The summed E-state index contributed by atoms with van der Waals surface area (Å²) in [6, 6.07) is 5.20. The van der Waals surface area contributed by atoms with Crippen LogP contribution in [0.15, 0.2) is 30.3 Å². The maximum Gasteiger partial charge on any atom is 0.322 e. The smallest absolute Gasteiger partial charge is 0.322 e. The molecule has 2 aromatic rings. The van der Waals surface area contributed by atoms with Crippen molar-refractivity contribution in [2.45, 2.75) is 19.5 Å². The van der Waals surface area contributed by atoms with Crippen molar-refractivity contribution in [3.63, 3.8) is 0 Å². The van der Waals surface area contributed by atoms with Gasteiger partial charge in [0, 0.05) is 11.6 Å². The molecule has 6 nitrogen and oxygen atoms in total. The van der Waals surface area contributed by atoms with Crippen molar-refractivity contribution < 1.29 is 18.4 Å². The van der Waals surface area contributed by atoms with Crippen molar-refractivity contribution in [1.82, 2.24) is 15.2 Å². The van der Waals surface area contributed by atoms with Gasteiger partial charge in [-0.1, -0.05) is 17.7 Å². The predicted octanol–water partition coefficient (Wildman–Crippen LogP) is 3.24. The van der Waals surface area contributed by atoms with Crippen LogP contribution in [0.3, 0.4) is 0 Å². The lowest BCUT2D eigenvalue weighted by Crippen LogP contribution is -2.45. The van der Waals surface area contributed by atoms with Crippen LogP contribution >= 0.6 is 11.6 Å². The number of amides is 3. The molecule has 0 fully saturated rings. The van der Waals surface area contributed by atoms with Gasteiger partial charge >= 0.3 is 6.03 Å². The highest BCUT2D eigenvalue weighted by atomic mass is 35.5. The quantitative estimate of drug-likeness (QED) is 0.800. The summed E-state index contributed by atoms with van der Waals surface area (Å²) in [7, 11) is 0. The number of hydrogen-bond donors (Lipinski definition) is 2. The lowest BCUT2D eigenvalue weighted by atomic mass is 10.1. The molecule has 1 aliphatic heterocycles. The summed E-state index contributed by atoms with van der Waals surface area (Å²) >= 11 is 5.85. The first-order chi connectivity index (χ1) is 12.3. The molecule has 0 unspecified atom stereocenters. The van der Waals surface area contributed by atoms with Crippen molar-refractivity contribution in [3.05, 3.63) is 58.4 Å². The van der Waals surface area contributed by atoms with E-state index in [1.54, 1.807) is 19.1 Å². The van der Waals surface area contributed by atoms with Gasteiger partial charge in [0.1, 0.15) is 23.3 Å². The number of anilines is 1. The molecule has 0 saturated heterocycles. The second-order valence-corrected chi connectivity index (χ2v) is 6.26. The minimum atomic E-state index is -0.749. The molecule has 136 valence electrons. The molecule has 3 rings (SSSR count). The number of carbonyl (C=O) groups excluding carboxylic acids is 2. The predicted molar refractivity (Wildman–Crippen MR) is 91.6 cm³/mol. The van der Waals surface area contributed by atoms with Gasteiger partial charge in [-0.05, 0) is 25.1 Å². The second kappa shape index (κ2) is 7.25. The Bertz CT molecular complexity index is 878. The van der Waals surface area contributed by atoms with E-state index in [1.807, 2.05) is 0 Å². The van der Waals surface area contributed by atoms with E-state index in [0.717, 1.165) is 12.1 Å². The number of nitrogens with zero attached hydrogens (tertiary/aromatic N) is 2. The Morgan fingerprint density at radius 2 is 2.15 bits per heavy atom. The second-order valence-electron chi connectivity index (χ2n) is 5.87. The SMILES string of the molecule is C[C@H](NC(=O)CN1Cc2nc(Cl)ccc2NC1=O)c1ccc(F)cc1F. The number of urea groups is 1. The molecule has 1 aromatic carbocycles. The van der Waals surface area contributed by atoms with Crippen LogP contribution in [-0.4, -0.2) is 28.4 Å². The molecule has 9 heteroatoms. The van der Waals surface area contributed by atoms with Gasteiger partial charge in [0.15, 0.2) is 0 Å². The molecule has 1 aromatic heterocycles. The largest absolute Gasteiger partial charge is 0.348 e. The van der Waals surface area contributed by atoms with Crippen LogP contribution in [-0.2, 0) is 11.3 Å². The minimum absolute atomic E-state index is 0.119. The van der Waals surface area contributed by atoms with E-state index in [1.165, 1.54) is 11.0 Å². The molecule has 0 aliphatic carbocycles. The van der Waals surface area contributed by atoms with Crippen molar-refractivity contribution in [1.29, 1.82) is 0 Å². The third-order valence-electron chi connectivity index (χ3n) is 3.95. The molecule has 0 radical (unpaired) electrons. The highest BCUT2D eigenvalue weighted by molar-refractivity contribution is 6.29. The van der Waals surface area contributed by atoms with Gasteiger partial charge < -0.3 is 15.5 Å². The highest BCUT2D eigenvalue weighted by Gasteiger charge is 2.26. The van der Waals surface area contributed by atoms with Gasteiger partial charge in [-0.15, -0.1) is 0 Å². The number of hydrogen-bond acceptors (Lipinski definition) is 3. The van der Waals surface area contributed by atoms with Crippen LogP contribution in [0.4, 0.5) is 19.3 Å². The van der Waals surface area contributed by atoms with Crippen LogP contribution in [0.1, 0.15) is 24.2 Å². The Labute approximate surface area is 153 Å². The van der Waals surface area contributed by atoms with E-state index in [-0.39, 0.29) is 23.8 Å². The molecule has 2 heterocycles. The lowest BCUT2D eigenvalue weighted by Gasteiger charge is -2.28. The first-order valence-electron chi connectivity index (χ1n) is 7.79. The Balaban J connectivity index is 1.65. The fraction of sp³-hybridized carbons (Fsp3) is 0.235. The molecular formula is C17H15ClF2N4O2. The van der Waals surface area contributed by atoms with E-state index in [4.69, 9.17) is 11.6 Å². The topological polar surface area (TPSA) is 74.3 Å². The van der Waals surface area contributed by atoms with Crippen molar-refractivity contribution in [2.24, 2.45) is 0 Å². The van der Waals surface area contributed by atoms with Gasteiger partial charge in [-0.25, -0.2) is 18.6 Å². The number of rotatable bonds is 4. The fourth-order valence-electron chi connectivity index (χ4n) is 2.67. The van der Waals surface area contributed by atoms with Crippen LogP contribution in [0.25, 0.3) is 0 Å². The van der Waals surface area contributed by atoms with Gasteiger partial charge in [0.2, 0.25) is 5.91 Å². The van der Waals surface area contributed by atoms with Crippen molar-refractivity contribution in [3.8, 4) is 0 Å². The number of fused-ring (bicyclic) bond motifs is 1. The zero-order chi connectivity index (χ0) is 18.8. The van der Waals surface area contributed by atoms with Crippen LogP contribution in [0, 0.1) is 11.6 Å². The van der Waals surface area contributed by atoms with E-state index < -0.39 is 29.6 Å². The standard InChI is InChI=1S/C17H15ClF2N4O2/c1-9(11-3-2-10(19)6-12(11)20)21-16(25)8-24-7-14-13(23-17(24)26)4-5-15(18)22-14/h2-6,9H,7-8H2,1H3,(H,21,25)(H,23,26)/t9-/m0/s1. The summed E-state index contributed by atoms with van der Waals surface area (Å²) in [6.45, 7) is 1.45. The van der Waals surface area contributed by atoms with E-state index in [2.05, 4.69) is 15.6 Å². The summed E-state index contributed by atoms with van der Waals surface area (Å²) in [6.07, 6.45) is 0. The zero-order valence-corrected chi connectivity index (χ0v) is 14.5. The Morgan fingerprint density at radius 3 is 2.88 bits per heavy atom. The molecule has 1 aliphatic rings. The summed E-state index contributed by atoms with van der Waals surface area (Å²) < 4.78 is 26.8. The summed E-state index contributed by atoms with van der Waals surface area (Å²) in [5.41, 5.74) is 1.24. The first kappa shape index (κ1) is 18.1. The number of benzene rings is 1. The van der Waals surface area contributed by atoms with Crippen molar-refractivity contribution in [2.75, 3.05) is 11.9 Å². The summed E-state index contributed by atoms with van der Waals surface area (Å²) in [5, 5.41) is 5.50. The van der Waals surface area contributed by atoms with Crippen LogP contribution in [0.2, 0.25) is 5.15 Å². The number of halogens is 3. The first-order valence-corrected chi connectivity index (χ1v) is 8.17. The average Bonchev–Trinajstić information content (AvgIpc) is 2.55. The van der Waals surface area contributed by atoms with E-state index in [9.17, 15) is 18.4 Å². The zero-order valence-electron chi connectivity index (χ0n) is 13.7. The lowest BCUT2D eigenvalue weighted by molar-refractivity contribution is -0.122. The van der Waals surface area contributed by atoms with E-state index >= 15 is 0 Å². The van der Waals surface area contributed by atoms with Gasteiger partial charge in [-0.3, -0.25) is 4.79 Å². The molecule has 0 spiro atoms. The Hall–Kier alpha value is -2.74. The maximum atomic E-state index is 13.8. The molecule has 0 bridgehead atoms. The Morgan fingerprint density at radius 1 is 1.38 bits per heavy atom. The van der Waals surface area contributed by atoms with E-state index in [0.29, 0.717) is 11.4 Å². The molecule has 2 N–H and O–H groups in total. The summed E-state index contributed by atoms with van der Waals surface area (Å²) in [5.74, 6) is -1.93. The normalized spacial score (nSPS) is 14.5. The molecule has 1 atom stereocenters. The van der Waals surface area contributed by atoms with Crippen molar-refractivity contribution >= 4 is 29.2 Å². The highest BCUT2D eigenvalue weighted by Crippen LogP contribution is 2.23. The van der Waals surface area contributed by atoms with Gasteiger partial charge in [0.25, 0.3) is 0 Å². The molecule has 0 saturated carbocycles. The number of pyridine rings is 1. The third-order valence-corrected chi connectivity index (χ3v) is 4.16. The average molecular weight is 381 g/mol. The molecule has 3 amide bonds. The Kier molecular flexibility index (Phi) is 5.03. The van der Waals surface area contributed by atoms with Crippen LogP contribution in [0.5, 0.6) is 0 Å². The summed E-state index contributed by atoms with van der Waals surface area (Å²) in [4.78, 5) is 29.7. The van der Waals surface area contributed by atoms with Gasteiger partial charge in [0.05, 0.1) is 24.0 Å². The maximum absolute atomic E-state index is 13.8. The van der Waals surface area contributed by atoms with Crippen LogP contribution < -0.4 is 10.6 Å². The van der Waals surface area contributed by atoms with Gasteiger partial charge in [-0.2, -0.15) is 0 Å².